The van der Waals surface area contributed by atoms with Gasteiger partial charge in [-0.2, -0.15) is 0 Å². The second-order valence-electron chi connectivity index (χ2n) is 5.80. The fraction of sp³-hybridized carbons (Fsp3) is 0.150. The highest BCUT2D eigenvalue weighted by atomic mass is 16.6. The first kappa shape index (κ1) is 19.0. The lowest BCUT2D eigenvalue weighted by Crippen LogP contribution is -2.07. The topological polar surface area (TPSA) is 101 Å². The Bertz CT molecular complexity index is 1010. The Balaban J connectivity index is 1.64. The number of carbonyl (C=O) groups is 1. The molecule has 1 aromatic heterocycles. The fourth-order valence-corrected chi connectivity index (χ4v) is 2.51. The number of aryl methyl sites for hydroxylation is 1. The molecule has 0 unspecified atom stereocenters. The molecular formula is C20H17NO7. The van der Waals surface area contributed by atoms with Gasteiger partial charge in [-0.05, 0) is 43.3 Å². The van der Waals surface area contributed by atoms with Gasteiger partial charge in [0.25, 0.3) is 5.69 Å². The van der Waals surface area contributed by atoms with Crippen molar-refractivity contribution < 1.29 is 28.3 Å². The molecule has 0 amide bonds. The molecule has 0 atom stereocenters. The molecule has 0 bridgehead atoms. The first-order valence-electron chi connectivity index (χ1n) is 8.29. The van der Waals surface area contributed by atoms with Crippen LogP contribution in [-0.2, 0) is 6.61 Å². The smallest absolute Gasteiger partial charge is 0.379 e. The Morgan fingerprint density at radius 3 is 2.54 bits per heavy atom. The number of furan rings is 1. The monoisotopic (exact) mass is 383 g/mol. The summed E-state index contributed by atoms with van der Waals surface area (Å²) in [6, 6.07) is 14.3. The van der Waals surface area contributed by atoms with E-state index in [0.717, 1.165) is 0 Å². The molecule has 0 aliphatic rings. The number of nitro benzene ring substituents is 1. The highest BCUT2D eigenvalue weighted by Crippen LogP contribution is 2.27. The molecule has 8 heteroatoms. The first-order valence-corrected chi connectivity index (χ1v) is 8.29. The van der Waals surface area contributed by atoms with Crippen LogP contribution in [0.3, 0.4) is 0 Å². The fourth-order valence-electron chi connectivity index (χ4n) is 2.51. The van der Waals surface area contributed by atoms with Crippen LogP contribution >= 0.6 is 0 Å². The summed E-state index contributed by atoms with van der Waals surface area (Å²) >= 11 is 0. The number of rotatable bonds is 7. The zero-order chi connectivity index (χ0) is 20.1. The van der Waals surface area contributed by atoms with Crippen molar-refractivity contribution in [1.29, 1.82) is 0 Å². The van der Waals surface area contributed by atoms with E-state index in [1.165, 1.54) is 24.3 Å². The Morgan fingerprint density at radius 1 is 1.11 bits per heavy atom. The van der Waals surface area contributed by atoms with Crippen LogP contribution in [0, 0.1) is 17.0 Å². The Morgan fingerprint density at radius 2 is 1.86 bits per heavy atom. The van der Waals surface area contributed by atoms with Gasteiger partial charge in [-0.3, -0.25) is 10.1 Å². The lowest BCUT2D eigenvalue weighted by molar-refractivity contribution is -0.385. The first-order chi connectivity index (χ1) is 13.5. The van der Waals surface area contributed by atoms with Gasteiger partial charge in [-0.15, -0.1) is 0 Å². The van der Waals surface area contributed by atoms with E-state index in [9.17, 15) is 14.9 Å². The molecule has 0 fully saturated rings. The van der Waals surface area contributed by atoms with E-state index in [1.54, 1.807) is 32.2 Å². The number of esters is 1. The van der Waals surface area contributed by atoms with Gasteiger partial charge in [-0.1, -0.05) is 12.1 Å². The molecule has 3 rings (SSSR count). The van der Waals surface area contributed by atoms with Crippen molar-refractivity contribution in [2.24, 2.45) is 0 Å². The van der Waals surface area contributed by atoms with Crippen molar-refractivity contribution in [3.8, 4) is 17.2 Å². The molecular weight excluding hydrogens is 366 g/mol. The molecule has 0 N–H and O–H groups in total. The van der Waals surface area contributed by atoms with E-state index in [0.29, 0.717) is 22.8 Å². The SMILES string of the molecule is COc1ccccc1OCc1ccc(C(=O)Oc2ccc([N+](=O)[O-])c(C)c2)o1. The van der Waals surface area contributed by atoms with Crippen molar-refractivity contribution >= 4 is 11.7 Å². The third kappa shape index (κ3) is 4.29. The van der Waals surface area contributed by atoms with Gasteiger partial charge in [0.05, 0.1) is 12.0 Å². The molecule has 3 aromatic rings. The average Bonchev–Trinajstić information content (AvgIpc) is 3.15. The maximum atomic E-state index is 12.2. The Labute approximate surface area is 160 Å². The predicted molar refractivity (Wildman–Crippen MR) is 98.8 cm³/mol. The van der Waals surface area contributed by atoms with Crippen LogP contribution in [0.15, 0.2) is 59.0 Å². The van der Waals surface area contributed by atoms with E-state index in [-0.39, 0.29) is 23.8 Å². The number of para-hydroxylation sites is 2. The molecule has 0 saturated heterocycles. The highest BCUT2D eigenvalue weighted by molar-refractivity contribution is 5.88. The van der Waals surface area contributed by atoms with Gasteiger partial charge in [0.2, 0.25) is 5.76 Å². The minimum atomic E-state index is -0.711. The molecule has 2 aromatic carbocycles. The normalized spacial score (nSPS) is 10.4. The zero-order valence-electron chi connectivity index (χ0n) is 15.2. The summed E-state index contributed by atoms with van der Waals surface area (Å²) in [7, 11) is 1.54. The van der Waals surface area contributed by atoms with E-state index in [1.807, 2.05) is 12.1 Å². The van der Waals surface area contributed by atoms with Crippen molar-refractivity contribution in [3.05, 3.63) is 81.8 Å². The Kier molecular flexibility index (Phi) is 5.59. The number of methoxy groups -OCH3 is 1. The summed E-state index contributed by atoms with van der Waals surface area (Å²) in [5.74, 6) is 1.04. The molecule has 8 nitrogen and oxygen atoms in total. The number of nitrogens with zero attached hydrogens (tertiary/aromatic N) is 1. The molecule has 0 aliphatic carbocycles. The van der Waals surface area contributed by atoms with E-state index < -0.39 is 10.9 Å². The van der Waals surface area contributed by atoms with Crippen molar-refractivity contribution in [2.75, 3.05) is 7.11 Å². The summed E-state index contributed by atoms with van der Waals surface area (Å²) in [6.07, 6.45) is 0. The lowest BCUT2D eigenvalue weighted by atomic mass is 10.2. The van der Waals surface area contributed by atoms with Crippen LogP contribution in [0.4, 0.5) is 5.69 Å². The molecule has 0 radical (unpaired) electrons. The molecule has 0 saturated carbocycles. The summed E-state index contributed by atoms with van der Waals surface area (Å²) in [4.78, 5) is 22.6. The minimum absolute atomic E-state index is 0.00497. The maximum Gasteiger partial charge on any atom is 0.379 e. The van der Waals surface area contributed by atoms with Gasteiger partial charge < -0.3 is 18.6 Å². The standard InChI is InChI=1S/C20H17NO7/c1-13-11-14(7-9-16(13)21(23)24)28-20(22)19-10-8-15(27-19)12-26-18-6-4-3-5-17(18)25-2/h3-11H,12H2,1-2H3. The quantitative estimate of drug-likeness (QED) is 0.259. The molecule has 1 heterocycles. The van der Waals surface area contributed by atoms with Gasteiger partial charge in [0.1, 0.15) is 18.1 Å². The Hall–Kier alpha value is -3.81. The van der Waals surface area contributed by atoms with Crippen LogP contribution in [0.1, 0.15) is 21.9 Å². The number of hydrogen-bond acceptors (Lipinski definition) is 7. The number of nitro groups is 1. The van der Waals surface area contributed by atoms with Gasteiger partial charge in [0, 0.05) is 11.6 Å². The zero-order valence-corrected chi connectivity index (χ0v) is 15.2. The third-order valence-corrected chi connectivity index (χ3v) is 3.88. The number of ether oxygens (including phenoxy) is 3. The van der Waals surface area contributed by atoms with Crippen LogP contribution in [0.5, 0.6) is 17.2 Å². The van der Waals surface area contributed by atoms with E-state index in [4.69, 9.17) is 18.6 Å². The maximum absolute atomic E-state index is 12.2. The summed E-state index contributed by atoms with van der Waals surface area (Å²) < 4.78 is 21.5. The summed E-state index contributed by atoms with van der Waals surface area (Å²) in [6.45, 7) is 1.67. The van der Waals surface area contributed by atoms with E-state index in [2.05, 4.69) is 0 Å². The van der Waals surface area contributed by atoms with Crippen molar-refractivity contribution in [1.82, 2.24) is 0 Å². The largest absolute Gasteiger partial charge is 0.493 e. The summed E-state index contributed by atoms with van der Waals surface area (Å²) in [5, 5.41) is 10.8. The number of hydrogen-bond donors (Lipinski definition) is 0. The second-order valence-corrected chi connectivity index (χ2v) is 5.80. The summed E-state index contributed by atoms with van der Waals surface area (Å²) in [5.41, 5.74) is 0.342. The molecule has 28 heavy (non-hydrogen) atoms. The van der Waals surface area contributed by atoms with Crippen LogP contribution < -0.4 is 14.2 Å². The van der Waals surface area contributed by atoms with Crippen molar-refractivity contribution in [2.45, 2.75) is 13.5 Å². The van der Waals surface area contributed by atoms with Gasteiger partial charge in [-0.25, -0.2) is 4.79 Å². The van der Waals surface area contributed by atoms with Crippen LogP contribution in [0.25, 0.3) is 0 Å². The third-order valence-electron chi connectivity index (χ3n) is 3.88. The van der Waals surface area contributed by atoms with Crippen LogP contribution in [-0.4, -0.2) is 18.0 Å². The minimum Gasteiger partial charge on any atom is -0.493 e. The number of benzene rings is 2. The van der Waals surface area contributed by atoms with Gasteiger partial charge in [0.15, 0.2) is 11.5 Å². The number of carbonyl (C=O) groups excluding carboxylic acids is 1. The molecule has 0 aliphatic heterocycles. The van der Waals surface area contributed by atoms with Crippen LogP contribution in [0.2, 0.25) is 0 Å². The molecule has 144 valence electrons. The van der Waals surface area contributed by atoms with E-state index >= 15 is 0 Å². The molecule has 0 spiro atoms. The van der Waals surface area contributed by atoms with Crippen molar-refractivity contribution in [3.63, 3.8) is 0 Å². The average molecular weight is 383 g/mol. The highest BCUT2D eigenvalue weighted by Gasteiger charge is 2.17. The second kappa shape index (κ2) is 8.26. The lowest BCUT2D eigenvalue weighted by Gasteiger charge is -2.08. The van der Waals surface area contributed by atoms with Gasteiger partial charge >= 0.3 is 5.97 Å². The predicted octanol–water partition coefficient (Wildman–Crippen LogP) is 4.30.